The van der Waals surface area contributed by atoms with E-state index in [1.165, 1.54) is 0 Å². The third kappa shape index (κ3) is 2.20. The zero-order chi connectivity index (χ0) is 12.5. The van der Waals surface area contributed by atoms with Crippen molar-refractivity contribution in [2.75, 3.05) is 0 Å². The minimum Gasteiger partial charge on any atom is -0.387 e. The number of pyridine rings is 1. The van der Waals surface area contributed by atoms with E-state index in [2.05, 4.69) is 26.0 Å². The number of halogens is 1. The first-order valence-corrected chi connectivity index (χ1v) is 6.82. The quantitative estimate of drug-likeness (QED) is 0.948. The van der Waals surface area contributed by atoms with Gasteiger partial charge < -0.3 is 5.11 Å². The van der Waals surface area contributed by atoms with Crippen LogP contribution >= 0.6 is 15.9 Å². The maximum absolute atomic E-state index is 10.2. The fourth-order valence-corrected chi connectivity index (χ4v) is 2.71. The van der Waals surface area contributed by atoms with Gasteiger partial charge in [-0.1, -0.05) is 6.07 Å². The van der Waals surface area contributed by atoms with Crippen molar-refractivity contribution in [1.29, 1.82) is 0 Å². The molecule has 3 rings (SSSR count). The van der Waals surface area contributed by atoms with Crippen molar-refractivity contribution in [3.05, 3.63) is 47.0 Å². The fraction of sp³-hybridized carbons (Fsp3) is 0.385. The van der Waals surface area contributed by atoms with Crippen LogP contribution in [0.4, 0.5) is 0 Å². The van der Waals surface area contributed by atoms with Gasteiger partial charge in [0.2, 0.25) is 0 Å². The van der Waals surface area contributed by atoms with Crippen LogP contribution in [0.25, 0.3) is 0 Å². The van der Waals surface area contributed by atoms with Crippen molar-refractivity contribution in [2.45, 2.75) is 25.0 Å². The topological polar surface area (TPSA) is 50.9 Å². The number of aliphatic hydroxyl groups excluding tert-OH is 1. The summed E-state index contributed by atoms with van der Waals surface area (Å²) in [5, 5.41) is 14.5. The van der Waals surface area contributed by atoms with Gasteiger partial charge in [-0.2, -0.15) is 5.10 Å². The summed E-state index contributed by atoms with van der Waals surface area (Å²) in [6, 6.07) is 6.05. The lowest BCUT2D eigenvalue weighted by molar-refractivity contribution is 0.0244. The monoisotopic (exact) mass is 307 g/mol. The first-order valence-electron chi connectivity index (χ1n) is 6.02. The van der Waals surface area contributed by atoms with Crippen molar-refractivity contribution in [3.8, 4) is 0 Å². The van der Waals surface area contributed by atoms with Gasteiger partial charge in [-0.05, 0) is 46.8 Å². The van der Waals surface area contributed by atoms with Crippen LogP contribution in [0.5, 0.6) is 0 Å². The van der Waals surface area contributed by atoms with Crippen LogP contribution in [-0.2, 0) is 0 Å². The molecule has 0 aliphatic heterocycles. The van der Waals surface area contributed by atoms with Crippen molar-refractivity contribution in [2.24, 2.45) is 5.92 Å². The van der Waals surface area contributed by atoms with Crippen LogP contribution in [0.15, 0.2) is 41.3 Å². The SMILES string of the molecule is OC(c1ccccn1)C1CC(n2cc(Br)cn2)C1. The second-order valence-corrected chi connectivity index (χ2v) is 5.64. The molecule has 4 nitrogen and oxygen atoms in total. The fourth-order valence-electron chi connectivity index (χ4n) is 2.41. The lowest BCUT2D eigenvalue weighted by Crippen LogP contribution is -2.31. The van der Waals surface area contributed by atoms with Crippen LogP contribution < -0.4 is 0 Å². The van der Waals surface area contributed by atoms with E-state index in [1.54, 1.807) is 12.4 Å². The summed E-state index contributed by atoms with van der Waals surface area (Å²) in [6.07, 6.45) is 6.94. The molecule has 2 heterocycles. The summed E-state index contributed by atoms with van der Waals surface area (Å²) in [7, 11) is 0. The molecule has 0 saturated heterocycles. The number of rotatable bonds is 3. The van der Waals surface area contributed by atoms with E-state index in [-0.39, 0.29) is 5.92 Å². The maximum Gasteiger partial charge on any atom is 0.0989 e. The smallest absolute Gasteiger partial charge is 0.0989 e. The lowest BCUT2D eigenvalue weighted by Gasteiger charge is -2.38. The Morgan fingerprint density at radius 1 is 1.39 bits per heavy atom. The molecule has 1 unspecified atom stereocenters. The van der Waals surface area contributed by atoms with E-state index < -0.39 is 6.10 Å². The summed E-state index contributed by atoms with van der Waals surface area (Å²) >= 11 is 3.39. The molecule has 1 saturated carbocycles. The van der Waals surface area contributed by atoms with Gasteiger partial charge in [0.15, 0.2) is 0 Å². The molecule has 0 spiro atoms. The van der Waals surface area contributed by atoms with Gasteiger partial charge >= 0.3 is 0 Å². The molecule has 94 valence electrons. The highest BCUT2D eigenvalue weighted by atomic mass is 79.9. The summed E-state index contributed by atoms with van der Waals surface area (Å²) in [5.74, 6) is 0.285. The first-order chi connectivity index (χ1) is 8.74. The molecule has 1 aliphatic carbocycles. The predicted molar refractivity (Wildman–Crippen MR) is 70.9 cm³/mol. The van der Waals surface area contributed by atoms with E-state index in [9.17, 15) is 5.11 Å². The number of hydrogen-bond donors (Lipinski definition) is 1. The third-order valence-electron chi connectivity index (χ3n) is 3.53. The zero-order valence-electron chi connectivity index (χ0n) is 9.78. The summed E-state index contributed by atoms with van der Waals surface area (Å²) in [4.78, 5) is 4.20. The highest BCUT2D eigenvalue weighted by molar-refractivity contribution is 9.10. The minimum atomic E-state index is -0.457. The Bertz CT molecular complexity index is 522. The van der Waals surface area contributed by atoms with Crippen molar-refractivity contribution in [3.63, 3.8) is 0 Å². The van der Waals surface area contributed by atoms with Crippen LogP contribution in [0.1, 0.15) is 30.7 Å². The van der Waals surface area contributed by atoms with Crippen molar-refractivity contribution >= 4 is 15.9 Å². The molecule has 0 amide bonds. The summed E-state index contributed by atoms with van der Waals surface area (Å²) in [6.45, 7) is 0. The summed E-state index contributed by atoms with van der Waals surface area (Å²) in [5.41, 5.74) is 0.766. The molecule has 18 heavy (non-hydrogen) atoms. The number of aromatic nitrogens is 3. The van der Waals surface area contributed by atoms with Gasteiger partial charge in [0, 0.05) is 12.4 Å². The molecule has 0 bridgehead atoms. The molecule has 1 atom stereocenters. The second kappa shape index (κ2) is 4.82. The Morgan fingerprint density at radius 2 is 2.22 bits per heavy atom. The number of hydrogen-bond acceptors (Lipinski definition) is 3. The molecule has 0 aromatic carbocycles. The zero-order valence-corrected chi connectivity index (χ0v) is 11.4. The Kier molecular flexibility index (Phi) is 3.18. The van der Waals surface area contributed by atoms with Crippen LogP contribution in [-0.4, -0.2) is 19.9 Å². The molecule has 0 radical (unpaired) electrons. The Hall–Kier alpha value is -1.20. The molecule has 1 N–H and O–H groups in total. The second-order valence-electron chi connectivity index (χ2n) is 4.72. The molecule has 1 aliphatic rings. The van der Waals surface area contributed by atoms with Crippen molar-refractivity contribution in [1.82, 2.24) is 14.8 Å². The normalized spacial score (nSPS) is 24.6. The van der Waals surface area contributed by atoms with Gasteiger partial charge in [0.25, 0.3) is 0 Å². The van der Waals surface area contributed by atoms with Crippen LogP contribution in [0, 0.1) is 5.92 Å². The average molecular weight is 308 g/mol. The highest BCUT2D eigenvalue weighted by Gasteiger charge is 2.36. The number of nitrogens with zero attached hydrogens (tertiary/aromatic N) is 3. The van der Waals surface area contributed by atoms with Crippen LogP contribution in [0.2, 0.25) is 0 Å². The van der Waals surface area contributed by atoms with E-state index in [0.717, 1.165) is 23.0 Å². The van der Waals surface area contributed by atoms with E-state index in [4.69, 9.17) is 0 Å². The molecule has 2 aromatic rings. The van der Waals surface area contributed by atoms with Gasteiger partial charge in [0.05, 0.1) is 28.5 Å². The molecular formula is C13H14BrN3O. The van der Waals surface area contributed by atoms with Crippen LogP contribution in [0.3, 0.4) is 0 Å². The third-order valence-corrected chi connectivity index (χ3v) is 3.94. The van der Waals surface area contributed by atoms with Gasteiger partial charge in [-0.25, -0.2) is 0 Å². The van der Waals surface area contributed by atoms with E-state index in [0.29, 0.717) is 6.04 Å². The molecular weight excluding hydrogens is 294 g/mol. The maximum atomic E-state index is 10.2. The van der Waals surface area contributed by atoms with E-state index in [1.807, 2.05) is 29.1 Å². The molecule has 5 heteroatoms. The Balaban J connectivity index is 1.62. The predicted octanol–water partition coefficient (Wildman–Crippen LogP) is 2.73. The summed E-state index contributed by atoms with van der Waals surface area (Å²) < 4.78 is 2.96. The lowest BCUT2D eigenvalue weighted by atomic mass is 9.76. The number of aliphatic hydroxyl groups is 1. The van der Waals surface area contributed by atoms with E-state index >= 15 is 0 Å². The first kappa shape index (κ1) is 11.9. The Morgan fingerprint density at radius 3 is 2.83 bits per heavy atom. The highest BCUT2D eigenvalue weighted by Crippen LogP contribution is 2.44. The average Bonchev–Trinajstić information content (AvgIpc) is 2.75. The molecule has 2 aromatic heterocycles. The minimum absolute atomic E-state index is 0.285. The van der Waals surface area contributed by atoms with Gasteiger partial charge in [-0.3, -0.25) is 9.67 Å². The largest absolute Gasteiger partial charge is 0.387 e. The van der Waals surface area contributed by atoms with Crippen molar-refractivity contribution < 1.29 is 5.11 Å². The molecule has 1 fully saturated rings. The Labute approximate surface area is 114 Å². The van der Waals surface area contributed by atoms with Gasteiger partial charge in [-0.15, -0.1) is 0 Å². The standard InChI is InChI=1S/C13H14BrN3O/c14-10-7-16-17(8-10)11-5-9(6-11)13(18)12-3-1-2-4-15-12/h1-4,7-9,11,13,18H,5-6H2. The van der Waals surface area contributed by atoms with Gasteiger partial charge in [0.1, 0.15) is 0 Å².